The molecular weight excluding hydrogens is 428 g/mol. The van der Waals surface area contributed by atoms with Crippen LogP contribution in [0.5, 0.6) is 0 Å². The molecule has 4 rings (SSSR count). The van der Waals surface area contributed by atoms with Crippen LogP contribution in [0.1, 0.15) is 67.7 Å². The molecule has 2 aromatic heterocycles. The summed E-state index contributed by atoms with van der Waals surface area (Å²) in [7, 11) is 1.44. The second kappa shape index (κ2) is 12.0. The average molecular weight is 465 g/mol. The summed E-state index contributed by atoms with van der Waals surface area (Å²) in [5.41, 5.74) is 3.36. The van der Waals surface area contributed by atoms with Gasteiger partial charge in [-0.2, -0.15) is 0 Å². The number of methoxy groups -OCH3 is 1. The van der Waals surface area contributed by atoms with Gasteiger partial charge in [0.1, 0.15) is 5.82 Å². The van der Waals surface area contributed by atoms with Gasteiger partial charge in [0.2, 0.25) is 5.91 Å². The number of carbonyl (C=O) groups is 2. The molecule has 0 aromatic carbocycles. The first-order valence-electron chi connectivity index (χ1n) is 12.6. The predicted octanol–water partition coefficient (Wildman–Crippen LogP) is 4.13. The maximum absolute atomic E-state index is 12.8. The Morgan fingerprint density at radius 2 is 2.09 bits per heavy atom. The lowest BCUT2D eigenvalue weighted by atomic mass is 9.85. The zero-order valence-corrected chi connectivity index (χ0v) is 20.2. The van der Waals surface area contributed by atoms with Crippen molar-refractivity contribution in [2.24, 2.45) is 5.92 Å². The molecule has 2 aliphatic rings. The van der Waals surface area contributed by atoms with Gasteiger partial charge in [-0.15, -0.1) is 0 Å². The molecule has 34 heavy (non-hydrogen) atoms. The lowest BCUT2D eigenvalue weighted by molar-refractivity contribution is -0.141. The molecule has 0 aliphatic carbocycles. The first kappa shape index (κ1) is 24.2. The topological polar surface area (TPSA) is 84.4 Å². The number of rotatable bonds is 9. The van der Waals surface area contributed by atoms with Crippen LogP contribution in [-0.2, 0) is 27.2 Å². The normalized spacial score (nSPS) is 16.9. The molecule has 2 aliphatic heterocycles. The molecule has 4 heterocycles. The quantitative estimate of drug-likeness (QED) is 0.562. The maximum atomic E-state index is 12.8. The lowest BCUT2D eigenvalue weighted by Crippen LogP contribution is -2.38. The summed E-state index contributed by atoms with van der Waals surface area (Å²) in [5.74, 6) is 1.74. The number of hydrogen-bond acceptors (Lipinski definition) is 6. The summed E-state index contributed by atoms with van der Waals surface area (Å²) in [4.78, 5) is 35.6. The number of aryl methyl sites for hydroxylation is 2. The molecule has 7 heteroatoms. The van der Waals surface area contributed by atoms with Crippen LogP contribution in [0, 0.1) is 5.92 Å². The Bertz CT molecular complexity index is 958. The largest absolute Gasteiger partial charge is 0.469 e. The molecule has 0 saturated carbocycles. The average Bonchev–Trinajstić information content (AvgIpc) is 2.90. The molecule has 182 valence electrons. The molecule has 1 amide bonds. The predicted molar refractivity (Wildman–Crippen MR) is 132 cm³/mol. The Labute approximate surface area is 202 Å². The third-order valence-corrected chi connectivity index (χ3v) is 7.23. The maximum Gasteiger partial charge on any atom is 0.306 e. The van der Waals surface area contributed by atoms with E-state index in [9.17, 15) is 9.59 Å². The van der Waals surface area contributed by atoms with E-state index in [4.69, 9.17) is 9.72 Å². The van der Waals surface area contributed by atoms with Crippen LogP contribution in [-0.4, -0.2) is 53.5 Å². The van der Waals surface area contributed by atoms with Gasteiger partial charge < -0.3 is 15.0 Å². The summed E-state index contributed by atoms with van der Waals surface area (Å²) in [6, 6.07) is 8.17. The smallest absolute Gasteiger partial charge is 0.306 e. The molecule has 0 spiro atoms. The second-order valence-corrected chi connectivity index (χ2v) is 9.51. The number of likely N-dealkylation sites (tertiary alicyclic amines) is 1. The van der Waals surface area contributed by atoms with Gasteiger partial charge in [-0.25, -0.2) is 4.98 Å². The van der Waals surface area contributed by atoms with E-state index < -0.39 is 0 Å². The number of piperidine rings is 1. The minimum Gasteiger partial charge on any atom is -0.469 e. The van der Waals surface area contributed by atoms with Gasteiger partial charge in [-0.3, -0.25) is 14.6 Å². The van der Waals surface area contributed by atoms with Crippen molar-refractivity contribution in [3.8, 4) is 0 Å². The van der Waals surface area contributed by atoms with E-state index in [2.05, 4.69) is 22.4 Å². The van der Waals surface area contributed by atoms with Gasteiger partial charge in [0.25, 0.3) is 0 Å². The molecule has 2 aromatic rings. The van der Waals surface area contributed by atoms with Crippen LogP contribution in [0.4, 0.5) is 5.82 Å². The Hall–Kier alpha value is -2.96. The Balaban J connectivity index is 1.21. The number of nitrogens with zero attached hydrogens (tertiary/aromatic N) is 3. The molecule has 7 nitrogen and oxygen atoms in total. The van der Waals surface area contributed by atoms with E-state index in [0.717, 1.165) is 75.2 Å². The van der Waals surface area contributed by atoms with E-state index in [1.54, 1.807) is 6.20 Å². The van der Waals surface area contributed by atoms with Crippen molar-refractivity contribution in [3.63, 3.8) is 0 Å². The van der Waals surface area contributed by atoms with Crippen LogP contribution in [0.15, 0.2) is 36.7 Å². The number of nitrogens with one attached hydrogen (secondary N) is 1. The fourth-order valence-electron chi connectivity index (χ4n) is 5.10. The number of carbonyl (C=O) groups excluding carboxylic acids is 2. The van der Waals surface area contributed by atoms with Crippen LogP contribution in [0.3, 0.4) is 0 Å². The summed E-state index contributed by atoms with van der Waals surface area (Å²) >= 11 is 0. The van der Waals surface area contributed by atoms with Gasteiger partial charge in [-0.05, 0) is 80.0 Å². The number of aromatic nitrogens is 2. The van der Waals surface area contributed by atoms with Crippen molar-refractivity contribution in [3.05, 3.63) is 53.5 Å². The Morgan fingerprint density at radius 1 is 1.24 bits per heavy atom. The minimum atomic E-state index is -0.182. The molecule has 1 saturated heterocycles. The first-order valence-corrected chi connectivity index (χ1v) is 12.6. The van der Waals surface area contributed by atoms with E-state index in [-0.39, 0.29) is 17.8 Å². The fraction of sp³-hybridized carbons (Fsp3) is 0.556. The van der Waals surface area contributed by atoms with E-state index in [1.165, 1.54) is 12.7 Å². The number of amides is 1. The van der Waals surface area contributed by atoms with Crippen LogP contribution < -0.4 is 5.32 Å². The number of fused-ring (bicyclic) bond motifs is 1. The van der Waals surface area contributed by atoms with E-state index in [1.807, 2.05) is 23.2 Å². The second-order valence-electron chi connectivity index (χ2n) is 9.51. The molecule has 1 N–H and O–H groups in total. The van der Waals surface area contributed by atoms with Crippen LogP contribution in [0.25, 0.3) is 0 Å². The number of pyridine rings is 2. The van der Waals surface area contributed by atoms with Crippen molar-refractivity contribution in [1.82, 2.24) is 14.9 Å². The highest BCUT2D eigenvalue weighted by molar-refractivity contribution is 5.76. The Kier molecular flexibility index (Phi) is 8.50. The molecule has 1 unspecified atom stereocenters. The zero-order chi connectivity index (χ0) is 23.8. The molecular formula is C27H36N4O3. The van der Waals surface area contributed by atoms with Gasteiger partial charge >= 0.3 is 5.97 Å². The van der Waals surface area contributed by atoms with Crippen LogP contribution >= 0.6 is 0 Å². The summed E-state index contributed by atoms with van der Waals surface area (Å²) in [6.07, 6.45) is 11.4. The highest BCUT2D eigenvalue weighted by Gasteiger charge is 2.25. The molecule has 0 radical (unpaired) electrons. The minimum absolute atomic E-state index is 0.124. The Morgan fingerprint density at radius 3 is 2.85 bits per heavy atom. The van der Waals surface area contributed by atoms with Gasteiger partial charge in [0.05, 0.1) is 13.5 Å². The lowest BCUT2D eigenvalue weighted by Gasteiger charge is -2.32. The van der Waals surface area contributed by atoms with Gasteiger partial charge in [0.15, 0.2) is 0 Å². The molecule has 0 bridgehead atoms. The van der Waals surface area contributed by atoms with Gasteiger partial charge in [0, 0.05) is 44.1 Å². The molecule has 1 fully saturated rings. The van der Waals surface area contributed by atoms with E-state index in [0.29, 0.717) is 25.2 Å². The van der Waals surface area contributed by atoms with Crippen molar-refractivity contribution in [2.75, 3.05) is 32.1 Å². The number of ether oxygens (including phenoxy) is 1. The van der Waals surface area contributed by atoms with Crippen molar-refractivity contribution in [1.29, 1.82) is 0 Å². The van der Waals surface area contributed by atoms with Crippen LogP contribution in [0.2, 0.25) is 0 Å². The summed E-state index contributed by atoms with van der Waals surface area (Å²) < 4.78 is 4.91. The van der Waals surface area contributed by atoms with E-state index >= 15 is 0 Å². The zero-order valence-electron chi connectivity index (χ0n) is 20.2. The summed E-state index contributed by atoms with van der Waals surface area (Å²) in [5, 5.41) is 3.37. The number of esters is 1. The number of anilines is 1. The van der Waals surface area contributed by atoms with Gasteiger partial charge in [-0.1, -0.05) is 12.1 Å². The fourth-order valence-corrected chi connectivity index (χ4v) is 5.10. The first-order chi connectivity index (χ1) is 16.6. The van der Waals surface area contributed by atoms with Crippen molar-refractivity contribution in [2.45, 2.75) is 63.7 Å². The molecule has 1 atom stereocenters. The highest BCUT2D eigenvalue weighted by atomic mass is 16.5. The van der Waals surface area contributed by atoms with Crippen molar-refractivity contribution < 1.29 is 14.3 Å². The highest BCUT2D eigenvalue weighted by Crippen LogP contribution is 2.30. The third-order valence-electron chi connectivity index (χ3n) is 7.23. The third kappa shape index (κ3) is 6.55. The monoisotopic (exact) mass is 464 g/mol. The summed E-state index contributed by atoms with van der Waals surface area (Å²) in [6.45, 7) is 2.61. The number of hydrogen-bond donors (Lipinski definition) is 1. The van der Waals surface area contributed by atoms with Crippen molar-refractivity contribution >= 4 is 17.7 Å². The SMILES string of the molecule is COC(=O)CC(CCC1CCN(C(=O)CCc2ccc3c(n2)NCCC3)CC1)c1cccnc1. The standard InChI is InChI=1S/C27H36N4O3/c1-34-26(33)18-22(23-5-2-14-28-19-23)7-6-20-12-16-31(17-13-20)25(32)11-10-24-9-8-21-4-3-15-29-27(21)30-24/h2,5,8-9,14,19-20,22H,3-4,6-7,10-13,15-18H2,1H3,(H,29,30).